The van der Waals surface area contributed by atoms with E-state index < -0.39 is 5.60 Å². The maximum Gasteiger partial charge on any atom is 0.126 e. The Labute approximate surface area is 122 Å². The maximum absolute atomic E-state index is 13.7. The fourth-order valence-corrected chi connectivity index (χ4v) is 3.13. The minimum absolute atomic E-state index is 0.229. The Morgan fingerprint density at radius 2 is 2.05 bits per heavy atom. The molecule has 106 valence electrons. The average Bonchev–Trinajstić information content (AvgIpc) is 2.37. The van der Waals surface area contributed by atoms with Gasteiger partial charge in [0.05, 0.1) is 5.60 Å². The van der Waals surface area contributed by atoms with Gasteiger partial charge in [0, 0.05) is 24.0 Å². The molecule has 19 heavy (non-hydrogen) atoms. The number of likely N-dealkylation sites (tertiary alicyclic amines) is 1. The number of rotatable bonds is 4. The molecule has 0 atom stereocenters. The van der Waals surface area contributed by atoms with Crippen LogP contribution in [0.5, 0.6) is 0 Å². The summed E-state index contributed by atoms with van der Waals surface area (Å²) < 4.78 is 14.6. The topological polar surface area (TPSA) is 23.5 Å². The van der Waals surface area contributed by atoms with E-state index in [0.29, 0.717) is 12.0 Å². The van der Waals surface area contributed by atoms with E-state index in [1.165, 1.54) is 6.07 Å². The van der Waals surface area contributed by atoms with Gasteiger partial charge in [0.1, 0.15) is 5.82 Å². The summed E-state index contributed by atoms with van der Waals surface area (Å²) in [5, 5.41) is 10.6. The first-order valence-electron chi connectivity index (χ1n) is 6.91. The molecule has 1 aromatic carbocycles. The van der Waals surface area contributed by atoms with Crippen LogP contribution in [-0.2, 0) is 6.42 Å². The van der Waals surface area contributed by atoms with E-state index in [2.05, 4.69) is 27.8 Å². The van der Waals surface area contributed by atoms with Crippen LogP contribution in [0.25, 0.3) is 0 Å². The molecule has 1 fully saturated rings. The van der Waals surface area contributed by atoms with Crippen molar-refractivity contribution in [2.75, 3.05) is 19.6 Å². The Kier molecular flexibility index (Phi) is 4.98. The molecule has 2 rings (SSSR count). The highest BCUT2D eigenvalue weighted by atomic mass is 79.9. The molecule has 0 saturated carbocycles. The van der Waals surface area contributed by atoms with Crippen LogP contribution in [0, 0.1) is 5.82 Å². The predicted octanol–water partition coefficient (Wildman–Crippen LogP) is 3.37. The summed E-state index contributed by atoms with van der Waals surface area (Å²) in [6, 6.07) is 4.91. The van der Waals surface area contributed by atoms with Gasteiger partial charge in [0.25, 0.3) is 0 Å². The van der Waals surface area contributed by atoms with Crippen molar-refractivity contribution in [1.29, 1.82) is 0 Å². The fraction of sp³-hybridized carbons (Fsp3) is 0.600. The number of hydrogen-bond acceptors (Lipinski definition) is 2. The standard InChI is InChI=1S/C15H21BrFNO/c1-2-7-18-8-5-15(19,6-9-18)11-12-10-13(16)3-4-14(12)17/h3-4,10,19H,2,5-9,11H2,1H3. The van der Waals surface area contributed by atoms with Crippen molar-refractivity contribution in [2.45, 2.75) is 38.2 Å². The quantitative estimate of drug-likeness (QED) is 0.915. The molecule has 0 aromatic heterocycles. The van der Waals surface area contributed by atoms with E-state index in [-0.39, 0.29) is 5.82 Å². The molecule has 0 amide bonds. The van der Waals surface area contributed by atoms with E-state index in [4.69, 9.17) is 0 Å². The number of piperidine rings is 1. The lowest BCUT2D eigenvalue weighted by molar-refractivity contribution is -0.0210. The van der Waals surface area contributed by atoms with E-state index >= 15 is 0 Å². The van der Waals surface area contributed by atoms with Gasteiger partial charge in [-0.3, -0.25) is 0 Å². The molecule has 1 N–H and O–H groups in total. The molecule has 1 aliphatic heterocycles. The van der Waals surface area contributed by atoms with Gasteiger partial charge in [-0.15, -0.1) is 0 Å². The Hall–Kier alpha value is -0.450. The zero-order valence-corrected chi connectivity index (χ0v) is 12.9. The minimum atomic E-state index is -0.758. The van der Waals surface area contributed by atoms with E-state index in [1.807, 2.05) is 0 Å². The fourth-order valence-electron chi connectivity index (χ4n) is 2.72. The summed E-state index contributed by atoms with van der Waals surface area (Å²) in [5.74, 6) is -0.229. The summed E-state index contributed by atoms with van der Waals surface area (Å²) in [6.45, 7) is 5.05. The Bertz CT molecular complexity index is 430. The van der Waals surface area contributed by atoms with E-state index in [0.717, 1.165) is 43.4 Å². The molecular formula is C15H21BrFNO. The zero-order chi connectivity index (χ0) is 13.9. The maximum atomic E-state index is 13.7. The van der Waals surface area contributed by atoms with Gasteiger partial charge in [-0.05, 0) is 49.6 Å². The monoisotopic (exact) mass is 329 g/mol. The Balaban J connectivity index is 2.00. The summed E-state index contributed by atoms with van der Waals surface area (Å²) >= 11 is 3.35. The van der Waals surface area contributed by atoms with Gasteiger partial charge >= 0.3 is 0 Å². The second-order valence-corrected chi connectivity index (χ2v) is 6.39. The Morgan fingerprint density at radius 3 is 2.68 bits per heavy atom. The summed E-state index contributed by atoms with van der Waals surface area (Å²) in [7, 11) is 0. The van der Waals surface area contributed by atoms with Gasteiger partial charge in [0.2, 0.25) is 0 Å². The lowest BCUT2D eigenvalue weighted by Crippen LogP contribution is -2.45. The van der Waals surface area contributed by atoms with Crippen molar-refractivity contribution in [3.8, 4) is 0 Å². The van der Waals surface area contributed by atoms with Crippen LogP contribution in [0.4, 0.5) is 4.39 Å². The second kappa shape index (κ2) is 6.33. The largest absolute Gasteiger partial charge is 0.389 e. The van der Waals surface area contributed by atoms with Crippen LogP contribution in [0.1, 0.15) is 31.7 Å². The van der Waals surface area contributed by atoms with E-state index in [1.54, 1.807) is 12.1 Å². The predicted molar refractivity (Wildman–Crippen MR) is 78.7 cm³/mol. The molecule has 0 radical (unpaired) electrons. The molecule has 0 spiro atoms. The number of halogens is 2. The lowest BCUT2D eigenvalue weighted by atomic mass is 9.85. The van der Waals surface area contributed by atoms with Crippen molar-refractivity contribution >= 4 is 15.9 Å². The lowest BCUT2D eigenvalue weighted by Gasteiger charge is -2.38. The molecule has 1 saturated heterocycles. The summed E-state index contributed by atoms with van der Waals surface area (Å²) in [4.78, 5) is 2.37. The smallest absolute Gasteiger partial charge is 0.126 e. The van der Waals surface area contributed by atoms with Crippen LogP contribution >= 0.6 is 15.9 Å². The zero-order valence-electron chi connectivity index (χ0n) is 11.3. The van der Waals surface area contributed by atoms with Crippen LogP contribution in [0.2, 0.25) is 0 Å². The van der Waals surface area contributed by atoms with Crippen LogP contribution in [0.15, 0.2) is 22.7 Å². The van der Waals surface area contributed by atoms with Crippen LogP contribution < -0.4 is 0 Å². The summed E-state index contributed by atoms with van der Waals surface area (Å²) in [6.07, 6.45) is 2.98. The van der Waals surface area contributed by atoms with Crippen LogP contribution in [-0.4, -0.2) is 35.2 Å². The number of nitrogens with zero attached hydrogens (tertiary/aromatic N) is 1. The third-order valence-corrected chi connectivity index (χ3v) is 4.35. The first kappa shape index (κ1) is 14.9. The summed E-state index contributed by atoms with van der Waals surface area (Å²) in [5.41, 5.74) is -0.160. The highest BCUT2D eigenvalue weighted by Crippen LogP contribution is 2.28. The van der Waals surface area contributed by atoms with Crippen molar-refractivity contribution in [3.63, 3.8) is 0 Å². The first-order chi connectivity index (χ1) is 9.02. The second-order valence-electron chi connectivity index (χ2n) is 5.48. The SMILES string of the molecule is CCCN1CCC(O)(Cc2cc(Br)ccc2F)CC1. The van der Waals surface area contributed by atoms with Crippen molar-refractivity contribution in [2.24, 2.45) is 0 Å². The van der Waals surface area contributed by atoms with Gasteiger partial charge in [-0.1, -0.05) is 22.9 Å². The molecule has 2 nitrogen and oxygen atoms in total. The molecule has 0 unspecified atom stereocenters. The number of benzene rings is 1. The van der Waals surface area contributed by atoms with Crippen molar-refractivity contribution in [3.05, 3.63) is 34.1 Å². The van der Waals surface area contributed by atoms with Gasteiger partial charge in [-0.2, -0.15) is 0 Å². The van der Waals surface area contributed by atoms with Crippen molar-refractivity contribution in [1.82, 2.24) is 4.90 Å². The normalized spacial score (nSPS) is 19.6. The number of hydrogen-bond donors (Lipinski definition) is 1. The van der Waals surface area contributed by atoms with Gasteiger partial charge in [0.15, 0.2) is 0 Å². The number of aliphatic hydroxyl groups is 1. The highest BCUT2D eigenvalue weighted by Gasteiger charge is 2.32. The third kappa shape index (κ3) is 4.01. The minimum Gasteiger partial charge on any atom is -0.389 e. The molecule has 4 heteroatoms. The molecule has 0 aliphatic carbocycles. The molecule has 1 aliphatic rings. The molecule has 1 heterocycles. The molecule has 0 bridgehead atoms. The Morgan fingerprint density at radius 1 is 1.37 bits per heavy atom. The highest BCUT2D eigenvalue weighted by molar-refractivity contribution is 9.10. The van der Waals surface area contributed by atoms with Gasteiger partial charge in [-0.25, -0.2) is 4.39 Å². The van der Waals surface area contributed by atoms with Gasteiger partial charge < -0.3 is 10.0 Å². The third-order valence-electron chi connectivity index (χ3n) is 3.85. The van der Waals surface area contributed by atoms with Crippen molar-refractivity contribution < 1.29 is 9.50 Å². The average molecular weight is 330 g/mol. The molecular weight excluding hydrogens is 309 g/mol. The first-order valence-corrected chi connectivity index (χ1v) is 7.70. The molecule has 1 aromatic rings. The van der Waals surface area contributed by atoms with Crippen LogP contribution in [0.3, 0.4) is 0 Å². The van der Waals surface area contributed by atoms with E-state index in [9.17, 15) is 9.50 Å².